The van der Waals surface area contributed by atoms with Crippen LogP contribution in [0.2, 0.25) is 5.02 Å². The molecule has 0 aliphatic carbocycles. The molecule has 1 saturated heterocycles. The predicted molar refractivity (Wildman–Crippen MR) is 100 cm³/mol. The normalized spacial score (nSPS) is 15.8. The van der Waals surface area contributed by atoms with E-state index in [0.29, 0.717) is 10.8 Å². The summed E-state index contributed by atoms with van der Waals surface area (Å²) in [4.78, 5) is 1.56. The maximum Gasteiger partial charge on any atom is 0.339 e. The molecule has 0 radical (unpaired) electrons. The minimum Gasteiger partial charge on any atom is -0.379 e. The molecule has 3 rings (SSSR count). The summed E-state index contributed by atoms with van der Waals surface area (Å²) in [6.07, 6.45) is 0. The largest absolute Gasteiger partial charge is 0.379 e. The monoisotopic (exact) mass is 396 g/mol. The number of aryl methyl sites for hydroxylation is 2. The van der Waals surface area contributed by atoms with E-state index in [9.17, 15) is 8.42 Å². The van der Waals surface area contributed by atoms with Gasteiger partial charge in [0.1, 0.15) is 30.3 Å². The van der Waals surface area contributed by atoms with Gasteiger partial charge in [-0.3, -0.25) is 0 Å². The second-order valence-electron chi connectivity index (χ2n) is 6.57. The molecule has 0 amide bonds. The van der Waals surface area contributed by atoms with Gasteiger partial charge in [-0.1, -0.05) is 11.6 Å². The van der Waals surface area contributed by atoms with E-state index >= 15 is 0 Å². The van der Waals surface area contributed by atoms with Gasteiger partial charge in [-0.2, -0.15) is 8.42 Å². The number of benzene rings is 2. The fourth-order valence-corrected chi connectivity index (χ4v) is 4.11. The molecule has 0 spiro atoms. The maximum atomic E-state index is 12.5. The highest BCUT2D eigenvalue weighted by Crippen LogP contribution is 2.26. The SMILES string of the molecule is Cc1cc(OS(=O)(=O)c2ccc(Cl)cc2)c(C)cc1C[NH+]1CCOCC1. The Balaban J connectivity index is 1.80. The fourth-order valence-electron chi connectivity index (χ4n) is 3.00. The first-order valence-electron chi connectivity index (χ1n) is 8.56. The van der Waals surface area contributed by atoms with Gasteiger partial charge in [-0.25, -0.2) is 0 Å². The molecule has 2 aromatic rings. The third-order valence-electron chi connectivity index (χ3n) is 4.58. The number of quaternary nitrogens is 1. The van der Waals surface area contributed by atoms with Gasteiger partial charge in [-0.15, -0.1) is 0 Å². The molecule has 1 heterocycles. The zero-order valence-electron chi connectivity index (χ0n) is 14.9. The van der Waals surface area contributed by atoms with Crippen LogP contribution >= 0.6 is 11.6 Å². The summed E-state index contributed by atoms with van der Waals surface area (Å²) in [5.74, 6) is 0.359. The van der Waals surface area contributed by atoms with Crippen LogP contribution in [0, 0.1) is 13.8 Å². The summed E-state index contributed by atoms with van der Waals surface area (Å²) >= 11 is 5.82. The van der Waals surface area contributed by atoms with Crippen molar-refractivity contribution in [3.8, 4) is 5.75 Å². The molecule has 0 unspecified atom stereocenters. The first-order valence-corrected chi connectivity index (χ1v) is 10.4. The molecule has 1 fully saturated rings. The minimum absolute atomic E-state index is 0.0841. The van der Waals surface area contributed by atoms with E-state index in [0.717, 1.165) is 44.0 Å². The second kappa shape index (κ2) is 7.96. The van der Waals surface area contributed by atoms with E-state index in [-0.39, 0.29) is 4.90 Å². The average molecular weight is 397 g/mol. The van der Waals surface area contributed by atoms with Gasteiger partial charge in [-0.05, 0) is 61.4 Å². The van der Waals surface area contributed by atoms with Gasteiger partial charge in [0.25, 0.3) is 0 Å². The molecule has 1 N–H and O–H groups in total. The fraction of sp³-hybridized carbons (Fsp3) is 0.368. The standard InChI is InChI=1S/C19H22ClNO4S/c1-14-12-19(25-26(22,23)18-5-3-17(20)4-6-18)15(2)11-16(14)13-21-7-9-24-10-8-21/h3-6,11-12H,7-10,13H2,1-2H3/p+1. The molecule has 1 aliphatic heterocycles. The Labute approximate surface area is 159 Å². The highest BCUT2D eigenvalue weighted by Gasteiger charge is 2.20. The van der Waals surface area contributed by atoms with Crippen molar-refractivity contribution in [1.82, 2.24) is 0 Å². The van der Waals surface area contributed by atoms with Crippen molar-refractivity contribution in [2.75, 3.05) is 26.3 Å². The Morgan fingerprint density at radius 1 is 1.08 bits per heavy atom. The number of halogens is 1. The summed E-state index contributed by atoms with van der Waals surface area (Å²) in [7, 11) is -3.89. The molecule has 26 heavy (non-hydrogen) atoms. The average Bonchev–Trinajstić information content (AvgIpc) is 2.60. The lowest BCUT2D eigenvalue weighted by atomic mass is 10.0. The third-order valence-corrected chi connectivity index (χ3v) is 6.08. The van der Waals surface area contributed by atoms with E-state index in [2.05, 4.69) is 0 Å². The van der Waals surface area contributed by atoms with Crippen LogP contribution in [0.25, 0.3) is 0 Å². The number of morpholine rings is 1. The van der Waals surface area contributed by atoms with Gasteiger partial charge >= 0.3 is 10.1 Å². The van der Waals surface area contributed by atoms with Crippen LogP contribution < -0.4 is 9.08 Å². The Morgan fingerprint density at radius 3 is 2.38 bits per heavy atom. The van der Waals surface area contributed by atoms with Crippen LogP contribution in [0.1, 0.15) is 16.7 Å². The Morgan fingerprint density at radius 2 is 1.73 bits per heavy atom. The van der Waals surface area contributed by atoms with Gasteiger partial charge in [0, 0.05) is 10.6 Å². The first kappa shape index (κ1) is 19.2. The molecule has 0 saturated carbocycles. The maximum absolute atomic E-state index is 12.5. The topological polar surface area (TPSA) is 57.0 Å². The summed E-state index contributed by atoms with van der Waals surface area (Å²) in [5.41, 5.74) is 3.03. The van der Waals surface area contributed by atoms with Gasteiger partial charge in [0.15, 0.2) is 0 Å². The van der Waals surface area contributed by atoms with Crippen molar-refractivity contribution in [3.05, 3.63) is 58.1 Å². The quantitative estimate of drug-likeness (QED) is 0.787. The molecule has 1 aliphatic rings. The molecule has 7 heteroatoms. The van der Waals surface area contributed by atoms with Crippen LogP contribution in [0.3, 0.4) is 0 Å². The first-order chi connectivity index (χ1) is 12.3. The summed E-state index contributed by atoms with van der Waals surface area (Å²) in [6.45, 7) is 8.30. The summed E-state index contributed by atoms with van der Waals surface area (Å²) < 4.78 is 35.8. The smallest absolute Gasteiger partial charge is 0.339 e. The lowest BCUT2D eigenvalue weighted by Gasteiger charge is -2.24. The molecule has 140 valence electrons. The van der Waals surface area contributed by atoms with E-state index < -0.39 is 10.1 Å². The highest BCUT2D eigenvalue weighted by atomic mass is 35.5. The summed E-state index contributed by atoms with van der Waals surface area (Å²) in [6, 6.07) is 9.77. The van der Waals surface area contributed by atoms with Crippen molar-refractivity contribution in [2.45, 2.75) is 25.3 Å². The van der Waals surface area contributed by atoms with Gasteiger partial charge in [0.05, 0.1) is 13.2 Å². The molecule has 0 aromatic heterocycles. The Bertz CT molecular complexity index is 875. The Kier molecular flexibility index (Phi) is 5.87. The Hall–Kier alpha value is -1.60. The van der Waals surface area contributed by atoms with Gasteiger partial charge < -0.3 is 13.8 Å². The van der Waals surface area contributed by atoms with E-state index in [1.165, 1.54) is 34.7 Å². The lowest BCUT2D eigenvalue weighted by molar-refractivity contribution is -0.921. The molecular formula is C19H23ClNO4S+. The molecule has 5 nitrogen and oxygen atoms in total. The molecule has 0 atom stereocenters. The summed E-state index contributed by atoms with van der Waals surface area (Å²) in [5, 5.41) is 0.478. The number of hydrogen-bond acceptors (Lipinski definition) is 4. The number of rotatable bonds is 5. The van der Waals surface area contributed by atoms with Crippen LogP contribution in [0.15, 0.2) is 41.3 Å². The number of hydrogen-bond donors (Lipinski definition) is 1. The van der Waals surface area contributed by atoms with Crippen LogP contribution in [-0.2, 0) is 21.4 Å². The van der Waals surface area contributed by atoms with Crippen molar-refractivity contribution in [2.24, 2.45) is 0 Å². The van der Waals surface area contributed by atoms with Crippen molar-refractivity contribution < 1.29 is 22.2 Å². The third kappa shape index (κ3) is 4.57. The molecular weight excluding hydrogens is 374 g/mol. The van der Waals surface area contributed by atoms with Crippen LogP contribution in [0.4, 0.5) is 0 Å². The zero-order chi connectivity index (χ0) is 18.7. The van der Waals surface area contributed by atoms with Crippen LogP contribution in [-0.4, -0.2) is 34.7 Å². The zero-order valence-corrected chi connectivity index (χ0v) is 16.5. The lowest BCUT2D eigenvalue weighted by Crippen LogP contribution is -3.12. The predicted octanol–water partition coefficient (Wildman–Crippen LogP) is 2.14. The highest BCUT2D eigenvalue weighted by molar-refractivity contribution is 7.87. The van der Waals surface area contributed by atoms with E-state index in [1.54, 1.807) is 6.07 Å². The van der Waals surface area contributed by atoms with Crippen molar-refractivity contribution in [3.63, 3.8) is 0 Å². The van der Waals surface area contributed by atoms with Crippen molar-refractivity contribution >= 4 is 21.7 Å². The van der Waals surface area contributed by atoms with Gasteiger partial charge in [0.2, 0.25) is 0 Å². The van der Waals surface area contributed by atoms with E-state index in [4.69, 9.17) is 20.5 Å². The molecule has 2 aromatic carbocycles. The number of ether oxygens (including phenoxy) is 1. The minimum atomic E-state index is -3.89. The number of nitrogens with one attached hydrogen (secondary N) is 1. The van der Waals surface area contributed by atoms with Crippen molar-refractivity contribution in [1.29, 1.82) is 0 Å². The second-order valence-corrected chi connectivity index (χ2v) is 8.56. The van der Waals surface area contributed by atoms with E-state index in [1.807, 2.05) is 19.9 Å². The molecule has 0 bridgehead atoms. The van der Waals surface area contributed by atoms with Crippen LogP contribution in [0.5, 0.6) is 5.75 Å².